The van der Waals surface area contributed by atoms with Crippen LogP contribution in [0, 0.1) is 0 Å². The predicted octanol–water partition coefficient (Wildman–Crippen LogP) is 2.21. The van der Waals surface area contributed by atoms with E-state index in [9.17, 15) is 14.4 Å². The van der Waals surface area contributed by atoms with Crippen LogP contribution in [-0.4, -0.2) is 30.3 Å². The van der Waals surface area contributed by atoms with E-state index in [1.807, 2.05) is 0 Å². The molecule has 6 nitrogen and oxygen atoms in total. The summed E-state index contributed by atoms with van der Waals surface area (Å²) in [6.07, 6.45) is 0.843. The maximum Gasteiger partial charge on any atom is 0.326 e. The van der Waals surface area contributed by atoms with Crippen LogP contribution in [0.4, 0.5) is 0 Å². The number of benzene rings is 1. The summed E-state index contributed by atoms with van der Waals surface area (Å²) in [6.45, 7) is 1.41. The Balaban J connectivity index is 1.87. The first-order valence-corrected chi connectivity index (χ1v) is 7.22. The number of amides is 1. The van der Waals surface area contributed by atoms with Crippen LogP contribution in [0.1, 0.15) is 34.3 Å². The van der Waals surface area contributed by atoms with Crippen LogP contribution in [0.5, 0.6) is 0 Å². The number of furan rings is 1. The molecule has 1 atom stereocenters. The molecular formula is C17H17NO5. The van der Waals surface area contributed by atoms with Gasteiger partial charge in [-0.3, -0.25) is 14.4 Å². The van der Waals surface area contributed by atoms with Crippen LogP contribution in [0.2, 0.25) is 0 Å². The summed E-state index contributed by atoms with van der Waals surface area (Å²) in [5, 5.41) is 2.37. The molecule has 0 fully saturated rings. The largest absolute Gasteiger partial charge is 0.459 e. The number of hydrogen-bond donors (Lipinski definition) is 1. The minimum absolute atomic E-state index is 0.102. The van der Waals surface area contributed by atoms with Crippen molar-refractivity contribution in [2.45, 2.75) is 19.4 Å². The van der Waals surface area contributed by atoms with Gasteiger partial charge in [-0.25, -0.2) is 0 Å². The topological polar surface area (TPSA) is 85.6 Å². The normalized spacial score (nSPS) is 11.5. The molecular weight excluding hydrogens is 298 g/mol. The van der Waals surface area contributed by atoms with Gasteiger partial charge in [-0.15, -0.1) is 0 Å². The van der Waals surface area contributed by atoms with Gasteiger partial charge in [0.25, 0.3) is 5.91 Å². The molecule has 0 aliphatic heterocycles. The molecule has 2 rings (SSSR count). The fourth-order valence-electron chi connectivity index (χ4n) is 1.96. The first-order valence-electron chi connectivity index (χ1n) is 7.22. The SMILES string of the molecule is CC[C@@H](OC(=O)CNC(=O)c1ccco1)C(=O)c1ccccc1. The summed E-state index contributed by atoms with van der Waals surface area (Å²) < 4.78 is 10.1. The zero-order valence-electron chi connectivity index (χ0n) is 12.7. The van der Waals surface area contributed by atoms with E-state index in [2.05, 4.69) is 5.32 Å². The van der Waals surface area contributed by atoms with E-state index in [4.69, 9.17) is 9.15 Å². The minimum Gasteiger partial charge on any atom is -0.459 e. The molecule has 2 aromatic rings. The molecule has 0 saturated carbocycles. The Morgan fingerprint density at radius 3 is 2.48 bits per heavy atom. The molecule has 0 unspecified atom stereocenters. The smallest absolute Gasteiger partial charge is 0.326 e. The minimum atomic E-state index is -0.870. The lowest BCUT2D eigenvalue weighted by Gasteiger charge is -2.15. The third-order valence-electron chi connectivity index (χ3n) is 3.13. The van der Waals surface area contributed by atoms with Crippen molar-refractivity contribution in [2.75, 3.05) is 6.54 Å². The van der Waals surface area contributed by atoms with E-state index in [1.165, 1.54) is 12.3 Å². The Labute approximate surface area is 133 Å². The van der Waals surface area contributed by atoms with Gasteiger partial charge in [0, 0.05) is 5.56 Å². The van der Waals surface area contributed by atoms with E-state index >= 15 is 0 Å². The standard InChI is InChI=1S/C17H17NO5/c1-2-13(16(20)12-7-4-3-5-8-12)23-15(19)11-18-17(21)14-9-6-10-22-14/h3-10,13H,2,11H2,1H3,(H,18,21)/t13-/m1/s1. The highest BCUT2D eigenvalue weighted by molar-refractivity contribution is 6.00. The number of rotatable bonds is 7. The summed E-state index contributed by atoms with van der Waals surface area (Å²) in [7, 11) is 0. The van der Waals surface area contributed by atoms with Gasteiger partial charge in [-0.1, -0.05) is 37.3 Å². The number of ether oxygens (including phenoxy) is 1. The van der Waals surface area contributed by atoms with E-state index in [0.717, 1.165) is 0 Å². The third kappa shape index (κ3) is 4.54. The summed E-state index contributed by atoms with van der Waals surface area (Å²) >= 11 is 0. The maximum atomic E-state index is 12.3. The summed E-state index contributed by atoms with van der Waals surface area (Å²) in [5.41, 5.74) is 0.478. The second-order valence-electron chi connectivity index (χ2n) is 4.78. The van der Waals surface area contributed by atoms with Crippen molar-refractivity contribution in [3.63, 3.8) is 0 Å². The van der Waals surface area contributed by atoms with Crippen molar-refractivity contribution in [3.05, 3.63) is 60.1 Å². The van der Waals surface area contributed by atoms with Crippen LogP contribution in [0.25, 0.3) is 0 Å². The van der Waals surface area contributed by atoms with Crippen molar-refractivity contribution in [2.24, 2.45) is 0 Å². The quantitative estimate of drug-likeness (QED) is 0.625. The number of carbonyl (C=O) groups excluding carboxylic acids is 3. The number of Topliss-reactive ketones (excluding diaryl/α,β-unsaturated/α-hetero) is 1. The van der Waals surface area contributed by atoms with Gasteiger partial charge in [0.05, 0.1) is 6.26 Å². The Morgan fingerprint density at radius 1 is 1.13 bits per heavy atom. The molecule has 1 amide bonds. The van der Waals surface area contributed by atoms with Gasteiger partial charge < -0.3 is 14.5 Å². The van der Waals surface area contributed by atoms with Crippen LogP contribution >= 0.6 is 0 Å². The molecule has 120 valence electrons. The van der Waals surface area contributed by atoms with Gasteiger partial charge in [0.2, 0.25) is 5.78 Å². The molecule has 0 bridgehead atoms. The van der Waals surface area contributed by atoms with Crippen molar-refractivity contribution in [1.29, 1.82) is 0 Å². The number of hydrogen-bond acceptors (Lipinski definition) is 5. The summed E-state index contributed by atoms with van der Waals surface area (Å²) in [6, 6.07) is 11.7. The highest BCUT2D eigenvalue weighted by Crippen LogP contribution is 2.09. The highest BCUT2D eigenvalue weighted by atomic mass is 16.5. The van der Waals surface area contributed by atoms with E-state index in [0.29, 0.717) is 12.0 Å². The molecule has 1 heterocycles. The molecule has 0 radical (unpaired) electrons. The van der Waals surface area contributed by atoms with Gasteiger partial charge in [0.1, 0.15) is 6.54 Å². The third-order valence-corrected chi connectivity index (χ3v) is 3.13. The first-order chi connectivity index (χ1) is 11.1. The maximum absolute atomic E-state index is 12.3. The molecule has 0 saturated heterocycles. The predicted molar refractivity (Wildman–Crippen MR) is 82.0 cm³/mol. The van der Waals surface area contributed by atoms with Gasteiger partial charge >= 0.3 is 5.97 Å². The highest BCUT2D eigenvalue weighted by Gasteiger charge is 2.22. The lowest BCUT2D eigenvalue weighted by Crippen LogP contribution is -2.34. The van der Waals surface area contributed by atoms with E-state index in [-0.39, 0.29) is 18.1 Å². The molecule has 0 aliphatic carbocycles. The van der Waals surface area contributed by atoms with Crippen LogP contribution < -0.4 is 5.32 Å². The van der Waals surface area contributed by atoms with Gasteiger partial charge in [-0.2, -0.15) is 0 Å². The molecule has 1 aromatic carbocycles. The monoisotopic (exact) mass is 315 g/mol. The second-order valence-corrected chi connectivity index (χ2v) is 4.78. The molecule has 6 heteroatoms. The van der Waals surface area contributed by atoms with Crippen molar-refractivity contribution < 1.29 is 23.5 Å². The van der Waals surface area contributed by atoms with Crippen LogP contribution in [0.15, 0.2) is 53.1 Å². The second kappa shape index (κ2) is 7.93. The molecule has 0 spiro atoms. The fourth-order valence-corrected chi connectivity index (χ4v) is 1.96. The lowest BCUT2D eigenvalue weighted by atomic mass is 10.0. The Bertz CT molecular complexity index is 664. The average molecular weight is 315 g/mol. The van der Waals surface area contributed by atoms with Gasteiger partial charge in [-0.05, 0) is 18.6 Å². The zero-order valence-corrected chi connectivity index (χ0v) is 12.7. The molecule has 0 aliphatic rings. The first kappa shape index (κ1) is 16.5. The number of esters is 1. The average Bonchev–Trinajstić information content (AvgIpc) is 3.12. The molecule has 23 heavy (non-hydrogen) atoms. The summed E-state index contributed by atoms with van der Waals surface area (Å²) in [5.74, 6) is -1.36. The zero-order chi connectivity index (χ0) is 16.7. The molecule has 1 N–H and O–H groups in total. The Morgan fingerprint density at radius 2 is 1.87 bits per heavy atom. The Hall–Kier alpha value is -2.89. The van der Waals surface area contributed by atoms with Crippen LogP contribution in [-0.2, 0) is 9.53 Å². The Kier molecular flexibility index (Phi) is 5.68. The van der Waals surface area contributed by atoms with E-state index < -0.39 is 18.0 Å². The number of ketones is 1. The van der Waals surface area contributed by atoms with Crippen molar-refractivity contribution in [1.82, 2.24) is 5.32 Å². The molecule has 1 aromatic heterocycles. The lowest BCUT2D eigenvalue weighted by molar-refractivity contribution is -0.145. The van der Waals surface area contributed by atoms with Crippen molar-refractivity contribution in [3.8, 4) is 0 Å². The number of carbonyl (C=O) groups is 3. The van der Waals surface area contributed by atoms with Crippen LogP contribution in [0.3, 0.4) is 0 Å². The van der Waals surface area contributed by atoms with Gasteiger partial charge in [0.15, 0.2) is 11.9 Å². The van der Waals surface area contributed by atoms with E-state index in [1.54, 1.807) is 43.3 Å². The van der Waals surface area contributed by atoms with Crippen molar-refractivity contribution >= 4 is 17.7 Å². The summed E-state index contributed by atoms with van der Waals surface area (Å²) in [4.78, 5) is 35.7. The fraction of sp³-hybridized carbons (Fsp3) is 0.235. The number of nitrogens with one attached hydrogen (secondary N) is 1.